The molecule has 1 aromatic rings. The highest BCUT2D eigenvalue weighted by molar-refractivity contribution is 5.94. The Kier molecular flexibility index (Phi) is 3.80. The van der Waals surface area contributed by atoms with E-state index in [1.165, 1.54) is 4.90 Å². The van der Waals surface area contributed by atoms with E-state index in [-0.39, 0.29) is 12.5 Å². The van der Waals surface area contributed by atoms with Gasteiger partial charge in [0, 0.05) is 19.2 Å². The maximum Gasteiger partial charge on any atom is 0.257 e. The van der Waals surface area contributed by atoms with Gasteiger partial charge in [-0.25, -0.2) is 13.2 Å². The second-order valence-corrected chi connectivity index (χ2v) is 4.83. The third-order valence-electron chi connectivity index (χ3n) is 3.45. The fraction of sp³-hybridized carbons (Fsp3) is 0.462. The number of piperidine rings is 1. The number of amides is 1. The molecule has 2 unspecified atom stereocenters. The smallest absolute Gasteiger partial charge is 0.257 e. The van der Waals surface area contributed by atoms with Gasteiger partial charge < -0.3 is 10.0 Å². The number of aliphatic hydroxyl groups is 1. The van der Waals surface area contributed by atoms with E-state index < -0.39 is 35.0 Å². The zero-order valence-electron chi connectivity index (χ0n) is 10.4. The summed E-state index contributed by atoms with van der Waals surface area (Å²) in [4.78, 5) is 13.3. The molecular formula is C13H14F3NO2. The molecule has 1 heterocycles. The van der Waals surface area contributed by atoms with E-state index in [0.717, 1.165) is 0 Å². The predicted octanol–water partition coefficient (Wildman–Crippen LogP) is 1.95. The predicted molar refractivity (Wildman–Crippen MR) is 62.0 cm³/mol. The highest BCUT2D eigenvalue weighted by Gasteiger charge is 2.29. The molecule has 1 aliphatic heterocycles. The van der Waals surface area contributed by atoms with Gasteiger partial charge >= 0.3 is 0 Å². The number of β-amino-alcohol motifs (C(OH)–C–C–N with tert-alkyl or cyclic N) is 1. The molecule has 104 valence electrons. The number of benzene rings is 1. The number of carbonyl (C=O) groups is 1. The van der Waals surface area contributed by atoms with Crippen LogP contribution in [0.2, 0.25) is 0 Å². The first-order valence-corrected chi connectivity index (χ1v) is 6.02. The van der Waals surface area contributed by atoms with Gasteiger partial charge in [0.15, 0.2) is 11.6 Å². The van der Waals surface area contributed by atoms with Gasteiger partial charge in [-0.1, -0.05) is 6.92 Å². The lowest BCUT2D eigenvalue weighted by atomic mass is 9.95. The van der Waals surface area contributed by atoms with Crippen molar-refractivity contribution in [3.8, 4) is 0 Å². The molecule has 0 bridgehead atoms. The van der Waals surface area contributed by atoms with Crippen molar-refractivity contribution in [2.75, 3.05) is 13.1 Å². The summed E-state index contributed by atoms with van der Waals surface area (Å²) >= 11 is 0. The van der Waals surface area contributed by atoms with E-state index in [4.69, 9.17) is 0 Å². The van der Waals surface area contributed by atoms with Crippen molar-refractivity contribution in [3.63, 3.8) is 0 Å². The average Bonchev–Trinajstić information content (AvgIpc) is 2.36. The van der Waals surface area contributed by atoms with Gasteiger partial charge in [-0.3, -0.25) is 4.79 Å². The molecule has 1 amide bonds. The first-order chi connectivity index (χ1) is 8.90. The summed E-state index contributed by atoms with van der Waals surface area (Å²) in [6.07, 6.45) is -0.107. The largest absolute Gasteiger partial charge is 0.391 e. The molecule has 2 rings (SSSR count). The molecule has 1 fully saturated rings. The topological polar surface area (TPSA) is 40.5 Å². The molecule has 1 aliphatic rings. The molecule has 0 aliphatic carbocycles. The normalized spacial score (nSPS) is 23.5. The number of nitrogens with zero attached hydrogens (tertiary/aromatic N) is 1. The Labute approximate surface area is 108 Å². The summed E-state index contributed by atoms with van der Waals surface area (Å²) in [5.41, 5.74) is -0.513. The lowest BCUT2D eigenvalue weighted by Crippen LogP contribution is -2.46. The van der Waals surface area contributed by atoms with E-state index >= 15 is 0 Å². The Morgan fingerprint density at radius 2 is 1.89 bits per heavy atom. The van der Waals surface area contributed by atoms with Crippen LogP contribution in [0, 0.1) is 23.4 Å². The van der Waals surface area contributed by atoms with Crippen LogP contribution < -0.4 is 0 Å². The number of hydrogen-bond acceptors (Lipinski definition) is 2. The third kappa shape index (κ3) is 2.73. The SMILES string of the molecule is CC1CCN(C(=O)c2cc(F)c(F)cc2F)CC1O. The van der Waals surface area contributed by atoms with Gasteiger partial charge in [0.1, 0.15) is 5.82 Å². The van der Waals surface area contributed by atoms with E-state index in [9.17, 15) is 23.1 Å². The second kappa shape index (κ2) is 5.21. The van der Waals surface area contributed by atoms with Crippen LogP contribution >= 0.6 is 0 Å². The van der Waals surface area contributed by atoms with Gasteiger partial charge in [-0.05, 0) is 18.4 Å². The monoisotopic (exact) mass is 273 g/mol. The third-order valence-corrected chi connectivity index (χ3v) is 3.45. The summed E-state index contributed by atoms with van der Waals surface area (Å²) in [5, 5.41) is 9.69. The minimum atomic E-state index is -1.33. The number of carbonyl (C=O) groups excluding carboxylic acids is 1. The van der Waals surface area contributed by atoms with E-state index in [1.807, 2.05) is 6.92 Å². The van der Waals surface area contributed by atoms with Crippen LogP contribution in [0.15, 0.2) is 12.1 Å². The van der Waals surface area contributed by atoms with Crippen molar-refractivity contribution in [3.05, 3.63) is 35.1 Å². The zero-order valence-corrected chi connectivity index (χ0v) is 10.4. The Morgan fingerprint density at radius 3 is 2.53 bits per heavy atom. The molecule has 6 heteroatoms. The highest BCUT2D eigenvalue weighted by atomic mass is 19.2. The summed E-state index contributed by atoms with van der Waals surface area (Å²) in [7, 11) is 0. The van der Waals surface area contributed by atoms with Crippen molar-refractivity contribution in [1.82, 2.24) is 4.90 Å². The Balaban J connectivity index is 2.23. The molecule has 1 N–H and O–H groups in total. The lowest BCUT2D eigenvalue weighted by Gasteiger charge is -2.34. The van der Waals surface area contributed by atoms with Crippen molar-refractivity contribution in [2.45, 2.75) is 19.4 Å². The van der Waals surface area contributed by atoms with Gasteiger partial charge in [0.25, 0.3) is 5.91 Å². The number of likely N-dealkylation sites (tertiary alicyclic amines) is 1. The summed E-state index contributed by atoms with van der Waals surface area (Å²) in [6.45, 7) is 2.28. The molecule has 0 saturated carbocycles. The number of halogens is 3. The molecule has 2 atom stereocenters. The number of rotatable bonds is 1. The van der Waals surface area contributed by atoms with Crippen molar-refractivity contribution in [1.29, 1.82) is 0 Å². The summed E-state index contributed by atoms with van der Waals surface area (Å²) in [5.74, 6) is -4.38. The van der Waals surface area contributed by atoms with Gasteiger partial charge in [0.05, 0.1) is 11.7 Å². The summed E-state index contributed by atoms with van der Waals surface area (Å²) in [6, 6.07) is 0.906. The minimum Gasteiger partial charge on any atom is -0.391 e. The van der Waals surface area contributed by atoms with Crippen molar-refractivity contribution in [2.24, 2.45) is 5.92 Å². The van der Waals surface area contributed by atoms with Crippen LogP contribution in [-0.4, -0.2) is 35.1 Å². The molecule has 19 heavy (non-hydrogen) atoms. The standard InChI is InChI=1S/C13H14F3NO2/c1-7-2-3-17(6-12(7)18)13(19)8-4-10(15)11(16)5-9(8)14/h4-5,7,12,18H,2-3,6H2,1H3. The first-order valence-electron chi connectivity index (χ1n) is 6.02. The van der Waals surface area contributed by atoms with Crippen LogP contribution in [0.25, 0.3) is 0 Å². The Bertz CT molecular complexity index is 507. The van der Waals surface area contributed by atoms with Crippen LogP contribution in [0.5, 0.6) is 0 Å². The first kappa shape index (κ1) is 13.9. The Morgan fingerprint density at radius 1 is 1.26 bits per heavy atom. The molecule has 1 saturated heterocycles. The van der Waals surface area contributed by atoms with Gasteiger partial charge in [0.2, 0.25) is 0 Å². The van der Waals surface area contributed by atoms with Gasteiger partial charge in [-0.2, -0.15) is 0 Å². The maximum atomic E-state index is 13.5. The van der Waals surface area contributed by atoms with E-state index in [1.54, 1.807) is 0 Å². The van der Waals surface area contributed by atoms with E-state index in [0.29, 0.717) is 25.1 Å². The van der Waals surface area contributed by atoms with Crippen LogP contribution in [0.4, 0.5) is 13.2 Å². The lowest BCUT2D eigenvalue weighted by molar-refractivity contribution is 0.0245. The minimum absolute atomic E-state index is 0.0545. The summed E-state index contributed by atoms with van der Waals surface area (Å²) < 4.78 is 39.4. The van der Waals surface area contributed by atoms with Crippen LogP contribution in [0.1, 0.15) is 23.7 Å². The maximum absolute atomic E-state index is 13.5. The van der Waals surface area contributed by atoms with Crippen LogP contribution in [0.3, 0.4) is 0 Å². The fourth-order valence-electron chi connectivity index (χ4n) is 2.09. The average molecular weight is 273 g/mol. The molecule has 0 spiro atoms. The van der Waals surface area contributed by atoms with Gasteiger partial charge in [-0.15, -0.1) is 0 Å². The van der Waals surface area contributed by atoms with Crippen LogP contribution in [-0.2, 0) is 0 Å². The fourth-order valence-corrected chi connectivity index (χ4v) is 2.09. The number of aliphatic hydroxyl groups excluding tert-OH is 1. The quantitative estimate of drug-likeness (QED) is 0.794. The molecule has 0 radical (unpaired) electrons. The molecule has 3 nitrogen and oxygen atoms in total. The zero-order chi connectivity index (χ0) is 14.2. The van der Waals surface area contributed by atoms with Crippen molar-refractivity contribution >= 4 is 5.91 Å². The Hall–Kier alpha value is -1.56. The second-order valence-electron chi connectivity index (χ2n) is 4.83. The molecule has 0 aromatic heterocycles. The highest BCUT2D eigenvalue weighted by Crippen LogP contribution is 2.21. The van der Waals surface area contributed by atoms with Crippen molar-refractivity contribution < 1.29 is 23.1 Å². The molecular weight excluding hydrogens is 259 g/mol. The number of hydrogen-bond donors (Lipinski definition) is 1. The van der Waals surface area contributed by atoms with E-state index in [2.05, 4.69) is 0 Å². The molecule has 1 aromatic carbocycles.